The normalized spacial score (nSPS) is 19.9. The molecule has 3 heterocycles. The first-order valence-corrected chi connectivity index (χ1v) is 6.75. The molecule has 0 amide bonds. The maximum atomic E-state index is 5.51. The van der Waals surface area contributed by atoms with Crippen LogP contribution in [0.3, 0.4) is 0 Å². The van der Waals surface area contributed by atoms with E-state index in [0.717, 1.165) is 6.54 Å². The van der Waals surface area contributed by atoms with Crippen LogP contribution in [0.25, 0.3) is 0 Å². The molecule has 21 heavy (non-hydrogen) atoms. The highest BCUT2D eigenvalue weighted by molar-refractivity contribution is 5.23. The van der Waals surface area contributed by atoms with E-state index in [4.69, 9.17) is 13.8 Å². The monoisotopic (exact) mass is 294 g/mol. The van der Waals surface area contributed by atoms with Crippen molar-refractivity contribution in [2.75, 3.05) is 38.8 Å². The second-order valence-corrected chi connectivity index (χ2v) is 5.12. The van der Waals surface area contributed by atoms with E-state index in [1.165, 1.54) is 0 Å². The largest absolute Gasteiger partial charge is 0.378 e. The van der Waals surface area contributed by atoms with Crippen molar-refractivity contribution in [3.63, 3.8) is 0 Å². The molecule has 9 nitrogen and oxygen atoms in total. The molecular formula is C12H18N6O3. The molecule has 1 saturated heterocycles. The van der Waals surface area contributed by atoms with Crippen molar-refractivity contribution < 1.29 is 13.8 Å². The van der Waals surface area contributed by atoms with Crippen LogP contribution < -0.4 is 4.90 Å². The van der Waals surface area contributed by atoms with E-state index in [9.17, 15) is 0 Å². The summed E-state index contributed by atoms with van der Waals surface area (Å²) in [5.41, 5.74) is 0. The molecular weight excluding hydrogens is 276 g/mol. The zero-order chi connectivity index (χ0) is 14.8. The summed E-state index contributed by atoms with van der Waals surface area (Å²) in [6.07, 6.45) is 0. The quantitative estimate of drug-likeness (QED) is 0.794. The van der Waals surface area contributed by atoms with E-state index in [0.29, 0.717) is 43.3 Å². The van der Waals surface area contributed by atoms with Gasteiger partial charge in [-0.3, -0.25) is 4.90 Å². The fraction of sp³-hybridized carbons (Fsp3) is 0.667. The fourth-order valence-corrected chi connectivity index (χ4v) is 2.17. The summed E-state index contributed by atoms with van der Waals surface area (Å²) in [7, 11) is 3.74. The van der Waals surface area contributed by atoms with Crippen molar-refractivity contribution in [2.45, 2.75) is 19.5 Å². The zero-order valence-corrected chi connectivity index (χ0v) is 12.3. The molecule has 0 aliphatic carbocycles. The highest BCUT2D eigenvalue weighted by atomic mass is 16.5. The first-order valence-electron chi connectivity index (χ1n) is 6.75. The molecule has 0 saturated carbocycles. The lowest BCUT2D eigenvalue weighted by Gasteiger charge is -2.31. The van der Waals surface area contributed by atoms with E-state index in [1.54, 1.807) is 11.8 Å². The molecule has 2 aromatic heterocycles. The third-order valence-corrected chi connectivity index (χ3v) is 3.26. The van der Waals surface area contributed by atoms with Gasteiger partial charge in [0.05, 0.1) is 19.8 Å². The van der Waals surface area contributed by atoms with E-state index in [2.05, 4.69) is 25.2 Å². The molecule has 0 aromatic carbocycles. The summed E-state index contributed by atoms with van der Waals surface area (Å²) in [6, 6.07) is -0.0883. The molecule has 2 aromatic rings. The van der Waals surface area contributed by atoms with E-state index < -0.39 is 0 Å². The molecule has 1 atom stereocenters. The molecule has 0 bridgehead atoms. The summed E-state index contributed by atoms with van der Waals surface area (Å²) in [5.74, 6) is 2.29. The number of ether oxygens (including phenoxy) is 1. The van der Waals surface area contributed by atoms with Gasteiger partial charge in [0, 0.05) is 20.6 Å². The maximum Gasteiger partial charge on any atom is 0.265 e. The molecule has 0 N–H and O–H groups in total. The van der Waals surface area contributed by atoms with Crippen LogP contribution in [0.4, 0.5) is 5.95 Å². The van der Waals surface area contributed by atoms with Gasteiger partial charge in [-0.25, -0.2) is 0 Å². The lowest BCUT2D eigenvalue weighted by Crippen LogP contribution is -2.39. The fourth-order valence-electron chi connectivity index (χ4n) is 2.17. The Labute approximate surface area is 121 Å². The third kappa shape index (κ3) is 3.03. The summed E-state index contributed by atoms with van der Waals surface area (Å²) in [5, 5.41) is 7.75. The second kappa shape index (κ2) is 5.78. The molecule has 1 aliphatic heterocycles. The average molecular weight is 294 g/mol. The third-order valence-electron chi connectivity index (χ3n) is 3.26. The van der Waals surface area contributed by atoms with Gasteiger partial charge in [0.1, 0.15) is 6.04 Å². The minimum atomic E-state index is -0.0883. The number of aryl methyl sites for hydroxylation is 1. The lowest BCUT2D eigenvalue weighted by molar-refractivity contribution is -0.0279. The Morgan fingerprint density at radius 2 is 2.10 bits per heavy atom. The number of rotatable bonds is 4. The molecule has 1 unspecified atom stereocenters. The van der Waals surface area contributed by atoms with Crippen LogP contribution in [0.5, 0.6) is 0 Å². The summed E-state index contributed by atoms with van der Waals surface area (Å²) in [4.78, 5) is 12.6. The Morgan fingerprint density at radius 1 is 1.24 bits per heavy atom. The molecule has 1 fully saturated rings. The minimum absolute atomic E-state index is 0.0883. The summed E-state index contributed by atoms with van der Waals surface area (Å²) >= 11 is 0. The SMILES string of the molecule is Cc1noc(C2COCCN2Cc2nc(N(C)C)no2)n1. The van der Waals surface area contributed by atoms with Crippen molar-refractivity contribution >= 4 is 5.95 Å². The number of nitrogens with zero attached hydrogens (tertiary/aromatic N) is 6. The Bertz CT molecular complexity index is 595. The van der Waals surface area contributed by atoms with Gasteiger partial charge >= 0.3 is 0 Å². The minimum Gasteiger partial charge on any atom is -0.378 e. The van der Waals surface area contributed by atoms with Crippen molar-refractivity contribution in [3.05, 3.63) is 17.6 Å². The Balaban J connectivity index is 1.74. The molecule has 0 radical (unpaired) electrons. The summed E-state index contributed by atoms with van der Waals surface area (Å²) < 4.78 is 16.0. The topological polar surface area (TPSA) is 93.6 Å². The first-order chi connectivity index (χ1) is 10.1. The van der Waals surface area contributed by atoms with Gasteiger partial charge < -0.3 is 18.7 Å². The number of aromatic nitrogens is 4. The first kappa shape index (κ1) is 14.0. The summed E-state index contributed by atoms with van der Waals surface area (Å²) in [6.45, 7) is 4.22. The van der Waals surface area contributed by atoms with Crippen molar-refractivity contribution in [3.8, 4) is 0 Å². The average Bonchev–Trinajstić information content (AvgIpc) is 3.09. The van der Waals surface area contributed by atoms with Crippen molar-refractivity contribution in [2.24, 2.45) is 0 Å². The van der Waals surface area contributed by atoms with Gasteiger partial charge in [-0.2, -0.15) is 9.97 Å². The number of hydrogen-bond acceptors (Lipinski definition) is 9. The van der Waals surface area contributed by atoms with E-state index in [-0.39, 0.29) is 6.04 Å². The van der Waals surface area contributed by atoms with Crippen LogP contribution in [-0.2, 0) is 11.3 Å². The van der Waals surface area contributed by atoms with Crippen LogP contribution >= 0.6 is 0 Å². The molecule has 3 rings (SSSR count). The van der Waals surface area contributed by atoms with Crippen LogP contribution in [0, 0.1) is 6.92 Å². The molecule has 0 spiro atoms. The number of anilines is 1. The van der Waals surface area contributed by atoms with Crippen LogP contribution in [0.2, 0.25) is 0 Å². The number of morpholine rings is 1. The van der Waals surface area contributed by atoms with Crippen LogP contribution in [0.15, 0.2) is 9.05 Å². The van der Waals surface area contributed by atoms with Gasteiger partial charge in [-0.1, -0.05) is 5.16 Å². The highest BCUT2D eigenvalue weighted by Gasteiger charge is 2.30. The second-order valence-electron chi connectivity index (χ2n) is 5.12. The van der Waals surface area contributed by atoms with E-state index in [1.807, 2.05) is 14.1 Å². The van der Waals surface area contributed by atoms with Gasteiger partial charge in [0.2, 0.25) is 11.8 Å². The van der Waals surface area contributed by atoms with Crippen molar-refractivity contribution in [1.82, 2.24) is 25.2 Å². The Kier molecular flexibility index (Phi) is 3.84. The molecule has 9 heteroatoms. The lowest BCUT2D eigenvalue weighted by atomic mass is 10.2. The predicted octanol–water partition coefficient (Wildman–Crippen LogP) is 0.401. The van der Waals surface area contributed by atoms with Gasteiger partial charge in [-0.05, 0) is 12.1 Å². The maximum absolute atomic E-state index is 5.51. The predicted molar refractivity (Wildman–Crippen MR) is 71.6 cm³/mol. The standard InChI is InChI=1S/C12H18N6O3/c1-8-13-11(21-15-8)9-7-19-5-4-18(9)6-10-14-12(16-20-10)17(2)3/h9H,4-7H2,1-3H3. The Morgan fingerprint density at radius 3 is 2.76 bits per heavy atom. The smallest absolute Gasteiger partial charge is 0.265 e. The van der Waals surface area contributed by atoms with Crippen molar-refractivity contribution in [1.29, 1.82) is 0 Å². The Hall–Kier alpha value is -2.00. The van der Waals surface area contributed by atoms with Crippen LogP contribution in [-0.4, -0.2) is 59.0 Å². The molecule has 114 valence electrons. The molecule has 1 aliphatic rings. The van der Waals surface area contributed by atoms with Gasteiger partial charge in [-0.15, -0.1) is 0 Å². The number of hydrogen-bond donors (Lipinski definition) is 0. The van der Waals surface area contributed by atoms with Crippen LogP contribution in [0.1, 0.15) is 23.6 Å². The van der Waals surface area contributed by atoms with E-state index >= 15 is 0 Å². The van der Waals surface area contributed by atoms with Gasteiger partial charge in [0.25, 0.3) is 5.95 Å². The van der Waals surface area contributed by atoms with Gasteiger partial charge in [0.15, 0.2) is 5.82 Å². The highest BCUT2D eigenvalue weighted by Crippen LogP contribution is 2.24. The zero-order valence-electron chi connectivity index (χ0n) is 12.3.